The van der Waals surface area contributed by atoms with Crippen molar-refractivity contribution in [2.24, 2.45) is 10.9 Å². The van der Waals surface area contributed by atoms with Crippen LogP contribution in [-0.4, -0.2) is 81.3 Å². The Balaban J connectivity index is 1.75. The molecule has 1 aliphatic heterocycles. The second-order valence-corrected chi connectivity index (χ2v) is 6.80. The van der Waals surface area contributed by atoms with Crippen LogP contribution in [0.5, 0.6) is 0 Å². The van der Waals surface area contributed by atoms with Crippen molar-refractivity contribution in [1.82, 2.24) is 20.4 Å². The lowest BCUT2D eigenvalue weighted by atomic mass is 10.1. The molecule has 2 fully saturated rings. The molecule has 0 aromatic carbocycles. The van der Waals surface area contributed by atoms with Crippen molar-refractivity contribution in [3.05, 3.63) is 0 Å². The molecule has 8 heteroatoms. The van der Waals surface area contributed by atoms with Gasteiger partial charge in [0.15, 0.2) is 5.96 Å². The molecule has 23 heavy (non-hydrogen) atoms. The largest absolute Gasteiger partial charge is 0.401 e. The molecule has 2 atom stereocenters. The molecule has 0 aromatic rings. The first-order chi connectivity index (χ1) is 10.8. The van der Waals surface area contributed by atoms with Gasteiger partial charge in [-0.3, -0.25) is 9.89 Å². The summed E-state index contributed by atoms with van der Waals surface area (Å²) in [4.78, 5) is 7.86. The van der Waals surface area contributed by atoms with Crippen LogP contribution in [0, 0.1) is 5.92 Å². The van der Waals surface area contributed by atoms with Gasteiger partial charge in [0.25, 0.3) is 0 Å². The van der Waals surface area contributed by atoms with Gasteiger partial charge in [-0.15, -0.1) is 0 Å². The Kier molecular flexibility index (Phi) is 6.13. The Bertz CT molecular complexity index is 404. The fraction of sp³-hybridized carbons (Fsp3) is 0.933. The molecule has 2 N–H and O–H groups in total. The quantitative estimate of drug-likeness (QED) is 0.564. The maximum Gasteiger partial charge on any atom is 0.401 e. The highest BCUT2D eigenvalue weighted by atomic mass is 19.4. The molecule has 0 radical (unpaired) electrons. The van der Waals surface area contributed by atoms with Gasteiger partial charge in [-0.05, 0) is 39.3 Å². The van der Waals surface area contributed by atoms with Crippen LogP contribution in [-0.2, 0) is 0 Å². The zero-order valence-electron chi connectivity index (χ0n) is 14.2. The molecule has 1 aliphatic carbocycles. The van der Waals surface area contributed by atoms with Crippen LogP contribution in [0.1, 0.15) is 19.3 Å². The zero-order valence-corrected chi connectivity index (χ0v) is 14.2. The van der Waals surface area contributed by atoms with Gasteiger partial charge in [0.2, 0.25) is 0 Å². The van der Waals surface area contributed by atoms with Crippen molar-refractivity contribution in [3.8, 4) is 0 Å². The van der Waals surface area contributed by atoms with E-state index in [1.165, 1.54) is 17.7 Å². The highest BCUT2D eigenvalue weighted by Gasteiger charge is 2.35. The number of rotatable bonds is 6. The summed E-state index contributed by atoms with van der Waals surface area (Å²) in [6.07, 6.45) is -0.883. The third-order valence-corrected chi connectivity index (χ3v) is 4.55. The SMILES string of the molecule is CN=C(NCC(C1CC1)N(C)C)NC1CCN(CC(F)(F)F)C1. The van der Waals surface area contributed by atoms with Crippen molar-refractivity contribution in [1.29, 1.82) is 0 Å². The number of halogens is 3. The van der Waals surface area contributed by atoms with E-state index in [2.05, 4.69) is 34.6 Å². The minimum atomic E-state index is -4.13. The molecule has 1 saturated heterocycles. The van der Waals surface area contributed by atoms with Crippen molar-refractivity contribution in [2.45, 2.75) is 37.5 Å². The van der Waals surface area contributed by atoms with Gasteiger partial charge in [-0.1, -0.05) is 0 Å². The van der Waals surface area contributed by atoms with Crippen LogP contribution in [0.25, 0.3) is 0 Å². The van der Waals surface area contributed by atoms with Gasteiger partial charge < -0.3 is 15.5 Å². The van der Waals surface area contributed by atoms with Crippen molar-refractivity contribution < 1.29 is 13.2 Å². The fourth-order valence-electron chi connectivity index (χ4n) is 3.19. The average Bonchev–Trinajstić information content (AvgIpc) is 3.17. The van der Waals surface area contributed by atoms with Crippen molar-refractivity contribution in [3.63, 3.8) is 0 Å². The van der Waals surface area contributed by atoms with Gasteiger partial charge in [-0.25, -0.2) is 0 Å². The van der Waals surface area contributed by atoms with Crippen LogP contribution in [0.15, 0.2) is 4.99 Å². The summed E-state index contributed by atoms with van der Waals surface area (Å²) in [5.41, 5.74) is 0. The minimum absolute atomic E-state index is 0.0160. The predicted molar refractivity (Wildman–Crippen MR) is 85.6 cm³/mol. The minimum Gasteiger partial charge on any atom is -0.355 e. The maximum atomic E-state index is 12.4. The number of likely N-dealkylation sites (N-methyl/N-ethyl adjacent to an activating group) is 1. The average molecular weight is 335 g/mol. The smallest absolute Gasteiger partial charge is 0.355 e. The van der Waals surface area contributed by atoms with Gasteiger partial charge in [0.1, 0.15) is 0 Å². The Morgan fingerprint density at radius 3 is 2.52 bits per heavy atom. The number of aliphatic imine (C=N–C) groups is 1. The second kappa shape index (κ2) is 7.70. The van der Waals surface area contributed by atoms with E-state index in [0.717, 1.165) is 12.5 Å². The summed E-state index contributed by atoms with van der Waals surface area (Å²) in [5, 5.41) is 6.56. The summed E-state index contributed by atoms with van der Waals surface area (Å²) in [6.45, 7) is 0.842. The van der Waals surface area contributed by atoms with E-state index in [4.69, 9.17) is 0 Å². The van der Waals surface area contributed by atoms with E-state index in [1.54, 1.807) is 7.05 Å². The van der Waals surface area contributed by atoms with Crippen LogP contribution in [0.3, 0.4) is 0 Å². The molecule has 5 nitrogen and oxygen atoms in total. The highest BCUT2D eigenvalue weighted by Crippen LogP contribution is 2.34. The van der Waals surface area contributed by atoms with Crippen LogP contribution in [0.2, 0.25) is 0 Å². The van der Waals surface area contributed by atoms with E-state index in [1.807, 2.05) is 0 Å². The molecule has 0 spiro atoms. The standard InChI is InChI=1S/C15H28F3N5/c1-19-14(20-8-13(22(2)3)11-4-5-11)21-12-6-7-23(9-12)10-15(16,17)18/h11-13H,4-10H2,1-3H3,(H2,19,20,21). The molecular weight excluding hydrogens is 307 g/mol. The number of hydrogen-bond donors (Lipinski definition) is 2. The molecule has 1 saturated carbocycles. The second-order valence-electron chi connectivity index (χ2n) is 6.80. The first-order valence-electron chi connectivity index (χ1n) is 8.21. The lowest BCUT2D eigenvalue weighted by molar-refractivity contribution is -0.143. The lowest BCUT2D eigenvalue weighted by Crippen LogP contribution is -2.49. The molecule has 0 aromatic heterocycles. The van der Waals surface area contributed by atoms with Gasteiger partial charge >= 0.3 is 6.18 Å². The normalized spacial score (nSPS) is 25.0. The first kappa shape index (κ1) is 18.3. The topological polar surface area (TPSA) is 42.9 Å². The van der Waals surface area contributed by atoms with Crippen LogP contribution in [0.4, 0.5) is 13.2 Å². The van der Waals surface area contributed by atoms with Crippen LogP contribution < -0.4 is 10.6 Å². The van der Waals surface area contributed by atoms with Gasteiger partial charge in [0, 0.05) is 38.8 Å². The molecular formula is C15H28F3N5. The van der Waals surface area contributed by atoms with E-state index in [0.29, 0.717) is 31.5 Å². The van der Waals surface area contributed by atoms with Crippen LogP contribution >= 0.6 is 0 Å². The van der Waals surface area contributed by atoms with Gasteiger partial charge in [-0.2, -0.15) is 13.2 Å². The highest BCUT2D eigenvalue weighted by molar-refractivity contribution is 5.80. The Morgan fingerprint density at radius 1 is 1.30 bits per heavy atom. The molecule has 2 rings (SSSR count). The number of hydrogen-bond acceptors (Lipinski definition) is 3. The summed E-state index contributed by atoms with van der Waals surface area (Å²) < 4.78 is 37.3. The molecule has 134 valence electrons. The molecule has 1 heterocycles. The van der Waals surface area contributed by atoms with E-state index in [-0.39, 0.29) is 6.04 Å². The Morgan fingerprint density at radius 2 is 2.00 bits per heavy atom. The third-order valence-electron chi connectivity index (χ3n) is 4.55. The molecule has 0 amide bonds. The third kappa shape index (κ3) is 6.18. The lowest BCUT2D eigenvalue weighted by Gasteiger charge is -2.26. The van der Waals surface area contributed by atoms with Gasteiger partial charge in [0.05, 0.1) is 6.54 Å². The summed E-state index contributed by atoms with van der Waals surface area (Å²) in [7, 11) is 5.85. The summed E-state index contributed by atoms with van der Waals surface area (Å²) >= 11 is 0. The van der Waals surface area contributed by atoms with E-state index >= 15 is 0 Å². The first-order valence-corrected chi connectivity index (χ1v) is 8.21. The number of likely N-dealkylation sites (tertiary alicyclic amines) is 1. The monoisotopic (exact) mass is 335 g/mol. The zero-order chi connectivity index (χ0) is 17.0. The Hall–Kier alpha value is -1.02. The molecule has 2 aliphatic rings. The number of alkyl halides is 3. The summed E-state index contributed by atoms with van der Waals surface area (Å²) in [5.74, 6) is 1.42. The summed E-state index contributed by atoms with van der Waals surface area (Å²) in [6, 6.07) is 0.487. The predicted octanol–water partition coefficient (Wildman–Crippen LogP) is 1.13. The fourth-order valence-corrected chi connectivity index (χ4v) is 3.19. The molecule has 2 unspecified atom stereocenters. The van der Waals surface area contributed by atoms with Crippen molar-refractivity contribution in [2.75, 3.05) is 47.3 Å². The number of nitrogens with zero attached hydrogens (tertiary/aromatic N) is 3. The molecule has 0 bridgehead atoms. The van der Waals surface area contributed by atoms with Crippen molar-refractivity contribution >= 4 is 5.96 Å². The van der Waals surface area contributed by atoms with E-state index < -0.39 is 12.7 Å². The maximum absolute atomic E-state index is 12.4. The van der Waals surface area contributed by atoms with E-state index in [9.17, 15) is 13.2 Å². The number of guanidine groups is 1. The Labute approximate surface area is 136 Å². The number of nitrogens with one attached hydrogen (secondary N) is 2.